The quantitative estimate of drug-likeness (QED) is 0.654. The summed E-state index contributed by atoms with van der Waals surface area (Å²) in [5.74, 6) is 0.259. The van der Waals surface area contributed by atoms with Crippen LogP contribution in [-0.2, 0) is 4.79 Å². The highest BCUT2D eigenvalue weighted by molar-refractivity contribution is 7.99. The predicted molar refractivity (Wildman–Crippen MR) is 81.7 cm³/mol. The average molecular weight is 293 g/mol. The Balaban J connectivity index is 1.97. The van der Waals surface area contributed by atoms with Gasteiger partial charge in [-0.15, -0.1) is 0 Å². The first kappa shape index (κ1) is 14.7. The van der Waals surface area contributed by atoms with Crippen molar-refractivity contribution in [2.45, 2.75) is 38.0 Å². The molecule has 5 nitrogen and oxygen atoms in total. The number of nitrogens with two attached hydrogens (primary N) is 1. The Morgan fingerprint density at radius 1 is 1.50 bits per heavy atom. The van der Waals surface area contributed by atoms with Crippen LogP contribution in [-0.4, -0.2) is 22.2 Å². The van der Waals surface area contributed by atoms with Crippen LogP contribution in [0.1, 0.15) is 27.2 Å². The minimum absolute atomic E-state index is 0.0244. The zero-order valence-corrected chi connectivity index (χ0v) is 12.7. The third-order valence-corrected chi connectivity index (χ3v) is 3.91. The van der Waals surface area contributed by atoms with Gasteiger partial charge in [-0.1, -0.05) is 18.7 Å². The molecule has 1 aromatic heterocycles. The van der Waals surface area contributed by atoms with Crippen molar-refractivity contribution in [3.05, 3.63) is 18.2 Å². The van der Waals surface area contributed by atoms with E-state index in [4.69, 9.17) is 10.2 Å². The molecule has 2 rings (SSSR count). The van der Waals surface area contributed by atoms with Crippen LogP contribution >= 0.6 is 11.8 Å². The number of hydrogen-bond donors (Lipinski definition) is 2. The molecule has 108 valence electrons. The number of benzene rings is 1. The van der Waals surface area contributed by atoms with Crippen molar-refractivity contribution in [1.82, 2.24) is 10.3 Å². The summed E-state index contributed by atoms with van der Waals surface area (Å²) in [5, 5.41) is 3.45. The maximum atomic E-state index is 11.8. The van der Waals surface area contributed by atoms with Gasteiger partial charge in [0.05, 0.1) is 5.75 Å². The third-order valence-electron chi connectivity index (χ3n) is 3.08. The Labute approximate surface area is 122 Å². The Morgan fingerprint density at radius 3 is 2.95 bits per heavy atom. The second-order valence-electron chi connectivity index (χ2n) is 5.28. The molecule has 0 aliphatic heterocycles. The topological polar surface area (TPSA) is 81.2 Å². The number of aromatic nitrogens is 1. The molecule has 1 aromatic carbocycles. The summed E-state index contributed by atoms with van der Waals surface area (Å²) in [4.78, 5) is 16.1. The van der Waals surface area contributed by atoms with Crippen LogP contribution in [0, 0.1) is 0 Å². The number of nitrogen functional groups attached to an aromatic ring is 1. The van der Waals surface area contributed by atoms with Crippen molar-refractivity contribution < 1.29 is 9.21 Å². The normalized spacial score (nSPS) is 11.8. The molecular formula is C14H19N3O2S. The Morgan fingerprint density at radius 2 is 2.25 bits per heavy atom. The van der Waals surface area contributed by atoms with Crippen molar-refractivity contribution in [2.24, 2.45) is 0 Å². The molecule has 1 heterocycles. The SMILES string of the molecule is CCC(C)(C)NC(=O)CSc1nc2ccc(N)cc2o1. The maximum absolute atomic E-state index is 11.8. The molecule has 2 aromatic rings. The van der Waals surface area contributed by atoms with E-state index >= 15 is 0 Å². The van der Waals surface area contributed by atoms with Gasteiger partial charge in [-0.05, 0) is 32.4 Å². The molecule has 6 heteroatoms. The van der Waals surface area contributed by atoms with Gasteiger partial charge in [0.2, 0.25) is 5.91 Å². The molecule has 0 radical (unpaired) electrons. The maximum Gasteiger partial charge on any atom is 0.257 e. The van der Waals surface area contributed by atoms with E-state index in [-0.39, 0.29) is 17.2 Å². The summed E-state index contributed by atoms with van der Waals surface area (Å²) in [6, 6.07) is 5.31. The van der Waals surface area contributed by atoms with Crippen LogP contribution in [0.2, 0.25) is 0 Å². The van der Waals surface area contributed by atoms with Crippen LogP contribution in [0.4, 0.5) is 5.69 Å². The zero-order chi connectivity index (χ0) is 14.8. The molecule has 0 fully saturated rings. The number of carbonyl (C=O) groups is 1. The fourth-order valence-corrected chi connectivity index (χ4v) is 2.25. The number of amides is 1. The molecule has 0 bridgehead atoms. The number of nitrogens with zero attached hydrogens (tertiary/aromatic N) is 1. The van der Waals surface area contributed by atoms with E-state index < -0.39 is 0 Å². The van der Waals surface area contributed by atoms with Gasteiger partial charge in [0.15, 0.2) is 5.58 Å². The van der Waals surface area contributed by atoms with E-state index in [9.17, 15) is 4.79 Å². The second kappa shape index (κ2) is 5.75. The standard InChI is InChI=1S/C14H19N3O2S/c1-4-14(2,3)17-12(18)8-20-13-16-10-6-5-9(15)7-11(10)19-13/h5-7H,4,8,15H2,1-3H3,(H,17,18). The van der Waals surface area contributed by atoms with Gasteiger partial charge in [0.1, 0.15) is 5.52 Å². The van der Waals surface area contributed by atoms with Gasteiger partial charge in [0, 0.05) is 17.3 Å². The minimum atomic E-state index is -0.187. The van der Waals surface area contributed by atoms with Crippen LogP contribution in [0.25, 0.3) is 11.1 Å². The fourth-order valence-electron chi connectivity index (χ4n) is 1.61. The molecule has 20 heavy (non-hydrogen) atoms. The smallest absolute Gasteiger partial charge is 0.257 e. The fraction of sp³-hybridized carbons (Fsp3) is 0.429. The van der Waals surface area contributed by atoms with Gasteiger partial charge < -0.3 is 15.5 Å². The molecule has 0 spiro atoms. The highest BCUT2D eigenvalue weighted by Crippen LogP contribution is 2.24. The molecule has 0 saturated heterocycles. The molecular weight excluding hydrogens is 274 g/mol. The lowest BCUT2D eigenvalue weighted by Crippen LogP contribution is -2.43. The number of oxazole rings is 1. The van der Waals surface area contributed by atoms with Crippen molar-refractivity contribution in [3.8, 4) is 0 Å². The minimum Gasteiger partial charge on any atom is -0.431 e. The molecule has 0 aliphatic carbocycles. The van der Waals surface area contributed by atoms with E-state index in [1.54, 1.807) is 18.2 Å². The lowest BCUT2D eigenvalue weighted by Gasteiger charge is -2.24. The van der Waals surface area contributed by atoms with Gasteiger partial charge in [-0.3, -0.25) is 4.79 Å². The first-order valence-corrected chi connectivity index (χ1v) is 7.48. The lowest BCUT2D eigenvalue weighted by atomic mass is 10.0. The summed E-state index contributed by atoms with van der Waals surface area (Å²) in [7, 11) is 0. The first-order chi connectivity index (χ1) is 9.39. The van der Waals surface area contributed by atoms with E-state index in [2.05, 4.69) is 10.3 Å². The highest BCUT2D eigenvalue weighted by Gasteiger charge is 2.18. The Hall–Kier alpha value is -1.69. The summed E-state index contributed by atoms with van der Waals surface area (Å²) in [6.45, 7) is 6.04. The molecule has 0 aliphatic rings. The Bertz CT molecular complexity index is 622. The number of thioether (sulfide) groups is 1. The predicted octanol–water partition coefficient (Wildman–Crippen LogP) is 2.81. The summed E-state index contributed by atoms with van der Waals surface area (Å²) < 4.78 is 5.55. The average Bonchev–Trinajstić information content (AvgIpc) is 2.78. The second-order valence-corrected chi connectivity index (χ2v) is 6.21. The van der Waals surface area contributed by atoms with Gasteiger partial charge in [-0.25, -0.2) is 4.98 Å². The van der Waals surface area contributed by atoms with Crippen LogP contribution < -0.4 is 11.1 Å². The highest BCUT2D eigenvalue weighted by atomic mass is 32.2. The number of anilines is 1. The molecule has 3 N–H and O–H groups in total. The zero-order valence-electron chi connectivity index (χ0n) is 11.9. The van der Waals surface area contributed by atoms with Crippen molar-refractivity contribution >= 4 is 34.5 Å². The molecule has 0 atom stereocenters. The summed E-state index contributed by atoms with van der Waals surface area (Å²) >= 11 is 1.28. The first-order valence-electron chi connectivity index (χ1n) is 6.49. The monoisotopic (exact) mass is 293 g/mol. The van der Waals surface area contributed by atoms with E-state index in [1.165, 1.54) is 11.8 Å². The molecule has 0 saturated carbocycles. The van der Waals surface area contributed by atoms with Crippen molar-refractivity contribution in [2.75, 3.05) is 11.5 Å². The molecule has 1 amide bonds. The van der Waals surface area contributed by atoms with E-state index in [0.717, 1.165) is 11.9 Å². The number of hydrogen-bond acceptors (Lipinski definition) is 5. The molecule has 0 unspecified atom stereocenters. The van der Waals surface area contributed by atoms with Crippen molar-refractivity contribution in [1.29, 1.82) is 0 Å². The number of fused-ring (bicyclic) bond motifs is 1. The van der Waals surface area contributed by atoms with E-state index in [1.807, 2.05) is 20.8 Å². The van der Waals surface area contributed by atoms with Crippen molar-refractivity contribution in [3.63, 3.8) is 0 Å². The van der Waals surface area contributed by atoms with Gasteiger partial charge in [0.25, 0.3) is 5.22 Å². The van der Waals surface area contributed by atoms with Crippen LogP contribution in [0.5, 0.6) is 0 Å². The van der Waals surface area contributed by atoms with Crippen LogP contribution in [0.15, 0.2) is 27.8 Å². The largest absolute Gasteiger partial charge is 0.431 e. The van der Waals surface area contributed by atoms with Crippen LogP contribution in [0.3, 0.4) is 0 Å². The van der Waals surface area contributed by atoms with Gasteiger partial charge in [-0.2, -0.15) is 0 Å². The van der Waals surface area contributed by atoms with E-state index in [0.29, 0.717) is 16.5 Å². The number of nitrogens with one attached hydrogen (secondary N) is 1. The number of carbonyl (C=O) groups excluding carboxylic acids is 1. The van der Waals surface area contributed by atoms with Gasteiger partial charge >= 0.3 is 0 Å². The lowest BCUT2D eigenvalue weighted by molar-refractivity contribution is -0.120. The summed E-state index contributed by atoms with van der Waals surface area (Å²) in [5.41, 5.74) is 7.51. The third kappa shape index (κ3) is 3.66. The summed E-state index contributed by atoms with van der Waals surface area (Å²) in [6.07, 6.45) is 0.881. The Kier molecular flexibility index (Phi) is 4.23. The number of rotatable bonds is 5.